The van der Waals surface area contributed by atoms with Gasteiger partial charge in [0.1, 0.15) is 0 Å². The van der Waals surface area contributed by atoms with Crippen molar-refractivity contribution < 1.29 is 4.79 Å². The first kappa shape index (κ1) is 13.1. The smallest absolute Gasteiger partial charge is 0.223 e. The molecule has 2 heterocycles. The summed E-state index contributed by atoms with van der Waals surface area (Å²) in [5, 5.41) is 13.2. The second-order valence-corrected chi connectivity index (χ2v) is 4.94. The van der Waals surface area contributed by atoms with Crippen molar-refractivity contribution in [1.82, 2.24) is 20.8 Å². The minimum absolute atomic E-state index is 0.210. The third kappa shape index (κ3) is 3.57. The van der Waals surface area contributed by atoms with Gasteiger partial charge in [-0.15, -0.1) is 0 Å². The predicted octanol–water partition coefficient (Wildman–Crippen LogP) is 0.767. The van der Waals surface area contributed by atoms with E-state index in [0.29, 0.717) is 0 Å². The van der Waals surface area contributed by atoms with Crippen molar-refractivity contribution in [1.29, 1.82) is 0 Å². The third-order valence-electron chi connectivity index (χ3n) is 3.57. The molecular formula is C13H22N4O. The molecule has 2 rings (SSSR count). The number of aromatic nitrogens is 2. The number of nitrogens with zero attached hydrogens (tertiary/aromatic N) is 1. The Morgan fingerprint density at radius 2 is 2.28 bits per heavy atom. The molecule has 0 aliphatic carbocycles. The van der Waals surface area contributed by atoms with E-state index in [-0.39, 0.29) is 11.8 Å². The van der Waals surface area contributed by atoms with E-state index in [0.717, 1.165) is 51.0 Å². The van der Waals surface area contributed by atoms with Gasteiger partial charge in [0, 0.05) is 18.2 Å². The molecule has 1 amide bonds. The van der Waals surface area contributed by atoms with Crippen LogP contribution in [0, 0.1) is 12.8 Å². The lowest BCUT2D eigenvalue weighted by Crippen LogP contribution is -2.38. The molecule has 1 aromatic heterocycles. The Kier molecular flexibility index (Phi) is 4.75. The van der Waals surface area contributed by atoms with E-state index < -0.39 is 0 Å². The number of hydrogen-bond acceptors (Lipinski definition) is 3. The maximum atomic E-state index is 11.9. The van der Waals surface area contributed by atoms with Crippen molar-refractivity contribution in [2.45, 2.75) is 32.6 Å². The Labute approximate surface area is 108 Å². The molecule has 18 heavy (non-hydrogen) atoms. The van der Waals surface area contributed by atoms with Crippen LogP contribution >= 0.6 is 0 Å². The number of H-pyrrole nitrogens is 1. The maximum Gasteiger partial charge on any atom is 0.223 e. The van der Waals surface area contributed by atoms with Gasteiger partial charge >= 0.3 is 0 Å². The van der Waals surface area contributed by atoms with Gasteiger partial charge in [-0.05, 0) is 51.3 Å². The average Bonchev–Trinajstić information content (AvgIpc) is 2.81. The first-order chi connectivity index (χ1) is 8.77. The number of aryl methyl sites for hydroxylation is 2. The number of piperidine rings is 1. The third-order valence-corrected chi connectivity index (χ3v) is 3.57. The molecule has 1 aliphatic rings. The number of nitrogens with one attached hydrogen (secondary N) is 3. The van der Waals surface area contributed by atoms with Crippen molar-refractivity contribution >= 4 is 5.91 Å². The van der Waals surface area contributed by atoms with E-state index in [4.69, 9.17) is 0 Å². The number of carbonyl (C=O) groups excluding carboxylic acids is 1. The van der Waals surface area contributed by atoms with Crippen LogP contribution in [0.3, 0.4) is 0 Å². The molecular weight excluding hydrogens is 228 g/mol. The van der Waals surface area contributed by atoms with Gasteiger partial charge in [-0.25, -0.2) is 0 Å². The molecule has 0 spiro atoms. The molecule has 1 aromatic rings. The SMILES string of the molecule is Cc1[nH]ncc1CCCNC(=O)C1CCNCC1. The van der Waals surface area contributed by atoms with Crippen LogP contribution in [0.2, 0.25) is 0 Å². The summed E-state index contributed by atoms with van der Waals surface area (Å²) >= 11 is 0. The summed E-state index contributed by atoms with van der Waals surface area (Å²) < 4.78 is 0. The number of hydrogen-bond donors (Lipinski definition) is 3. The Morgan fingerprint density at radius 3 is 2.94 bits per heavy atom. The lowest BCUT2D eigenvalue weighted by atomic mass is 9.97. The van der Waals surface area contributed by atoms with E-state index in [1.54, 1.807) is 0 Å². The van der Waals surface area contributed by atoms with E-state index in [2.05, 4.69) is 20.8 Å². The van der Waals surface area contributed by atoms with Crippen molar-refractivity contribution in [3.63, 3.8) is 0 Å². The van der Waals surface area contributed by atoms with Crippen molar-refractivity contribution in [3.8, 4) is 0 Å². The minimum Gasteiger partial charge on any atom is -0.356 e. The van der Waals surface area contributed by atoms with Gasteiger partial charge in [0.25, 0.3) is 0 Å². The zero-order chi connectivity index (χ0) is 12.8. The highest BCUT2D eigenvalue weighted by Gasteiger charge is 2.19. The summed E-state index contributed by atoms with van der Waals surface area (Å²) in [7, 11) is 0. The molecule has 5 heteroatoms. The fourth-order valence-electron chi connectivity index (χ4n) is 2.35. The van der Waals surface area contributed by atoms with E-state index in [1.165, 1.54) is 5.56 Å². The topological polar surface area (TPSA) is 69.8 Å². The molecule has 0 saturated carbocycles. The maximum absolute atomic E-state index is 11.9. The van der Waals surface area contributed by atoms with Gasteiger partial charge in [0.15, 0.2) is 0 Å². The lowest BCUT2D eigenvalue weighted by molar-refractivity contribution is -0.125. The quantitative estimate of drug-likeness (QED) is 0.676. The second kappa shape index (κ2) is 6.54. The van der Waals surface area contributed by atoms with Gasteiger partial charge in [-0.3, -0.25) is 9.89 Å². The molecule has 1 saturated heterocycles. The summed E-state index contributed by atoms with van der Waals surface area (Å²) in [6, 6.07) is 0. The standard InChI is InChI=1S/C13H22N4O/c1-10-12(9-16-17-10)3-2-6-15-13(18)11-4-7-14-8-5-11/h9,11,14H,2-8H2,1H3,(H,15,18)(H,16,17). The molecule has 5 nitrogen and oxygen atoms in total. The fourth-order valence-corrected chi connectivity index (χ4v) is 2.35. The van der Waals surface area contributed by atoms with Crippen molar-refractivity contribution in [3.05, 3.63) is 17.5 Å². The molecule has 0 atom stereocenters. The number of aromatic amines is 1. The molecule has 3 N–H and O–H groups in total. The average molecular weight is 250 g/mol. The zero-order valence-corrected chi connectivity index (χ0v) is 11.0. The summed E-state index contributed by atoms with van der Waals surface area (Å²) in [4.78, 5) is 11.9. The molecule has 0 aromatic carbocycles. The Bertz CT molecular complexity index is 382. The number of rotatable bonds is 5. The largest absolute Gasteiger partial charge is 0.356 e. The van der Waals surface area contributed by atoms with Crippen LogP contribution in [0.4, 0.5) is 0 Å². The Morgan fingerprint density at radius 1 is 1.50 bits per heavy atom. The monoisotopic (exact) mass is 250 g/mol. The van der Waals surface area contributed by atoms with Crippen molar-refractivity contribution in [2.24, 2.45) is 5.92 Å². The number of carbonyl (C=O) groups is 1. The van der Waals surface area contributed by atoms with Gasteiger partial charge in [0.05, 0.1) is 6.20 Å². The Balaban J connectivity index is 1.63. The highest BCUT2D eigenvalue weighted by atomic mass is 16.1. The minimum atomic E-state index is 0.210. The molecule has 1 aliphatic heterocycles. The van der Waals surface area contributed by atoms with Crippen LogP contribution < -0.4 is 10.6 Å². The predicted molar refractivity (Wildman–Crippen MR) is 70.2 cm³/mol. The highest BCUT2D eigenvalue weighted by molar-refractivity contribution is 5.78. The van der Waals surface area contributed by atoms with Crippen LogP contribution in [0.1, 0.15) is 30.5 Å². The summed E-state index contributed by atoms with van der Waals surface area (Å²) in [6.07, 6.45) is 5.73. The molecule has 0 unspecified atom stereocenters. The van der Waals surface area contributed by atoms with E-state index >= 15 is 0 Å². The van der Waals surface area contributed by atoms with Gasteiger partial charge in [0.2, 0.25) is 5.91 Å². The van der Waals surface area contributed by atoms with Crippen LogP contribution in [0.25, 0.3) is 0 Å². The zero-order valence-electron chi connectivity index (χ0n) is 11.0. The molecule has 0 radical (unpaired) electrons. The van der Waals surface area contributed by atoms with Gasteiger partial charge < -0.3 is 10.6 Å². The summed E-state index contributed by atoms with van der Waals surface area (Å²) in [5.74, 6) is 0.433. The molecule has 1 fully saturated rings. The van der Waals surface area contributed by atoms with Gasteiger partial charge in [-0.1, -0.05) is 0 Å². The summed E-state index contributed by atoms with van der Waals surface area (Å²) in [5.41, 5.74) is 2.37. The summed E-state index contributed by atoms with van der Waals surface area (Å²) in [6.45, 7) is 4.71. The molecule has 0 bridgehead atoms. The lowest BCUT2D eigenvalue weighted by Gasteiger charge is -2.21. The van der Waals surface area contributed by atoms with Crippen LogP contribution in [0.15, 0.2) is 6.20 Å². The van der Waals surface area contributed by atoms with Crippen LogP contribution in [-0.2, 0) is 11.2 Å². The number of amides is 1. The first-order valence-electron chi connectivity index (χ1n) is 6.74. The van der Waals surface area contributed by atoms with E-state index in [1.807, 2.05) is 13.1 Å². The van der Waals surface area contributed by atoms with Crippen LogP contribution in [0.5, 0.6) is 0 Å². The first-order valence-corrected chi connectivity index (χ1v) is 6.74. The second-order valence-electron chi connectivity index (χ2n) is 4.94. The molecule has 100 valence electrons. The van der Waals surface area contributed by atoms with E-state index in [9.17, 15) is 4.79 Å². The fraction of sp³-hybridized carbons (Fsp3) is 0.692. The highest BCUT2D eigenvalue weighted by Crippen LogP contribution is 2.11. The van der Waals surface area contributed by atoms with Gasteiger partial charge in [-0.2, -0.15) is 5.10 Å². The van der Waals surface area contributed by atoms with Crippen LogP contribution in [-0.4, -0.2) is 35.7 Å². The normalized spacial score (nSPS) is 16.7. The van der Waals surface area contributed by atoms with Crippen molar-refractivity contribution in [2.75, 3.05) is 19.6 Å². The Hall–Kier alpha value is -1.36.